The summed E-state index contributed by atoms with van der Waals surface area (Å²) in [6.45, 7) is 5.82. The fourth-order valence-corrected chi connectivity index (χ4v) is 5.05. The molecule has 26 heavy (non-hydrogen) atoms. The van der Waals surface area contributed by atoms with Gasteiger partial charge in [-0.1, -0.05) is 20.8 Å². The maximum atomic E-state index is 13.0. The summed E-state index contributed by atoms with van der Waals surface area (Å²) in [7, 11) is 0. The Bertz CT molecular complexity index is 644. The first-order chi connectivity index (χ1) is 12.1. The monoisotopic (exact) mass is 364 g/mol. The molecule has 1 heterocycles. The van der Waals surface area contributed by atoms with E-state index in [4.69, 9.17) is 4.74 Å². The summed E-state index contributed by atoms with van der Waals surface area (Å²) in [6.07, 6.45) is 3.97. The summed E-state index contributed by atoms with van der Waals surface area (Å²) >= 11 is 0. The zero-order chi connectivity index (χ0) is 19.1. The fraction of sp³-hybridized carbons (Fsp3) is 0.789. The Hall–Kier alpha value is -1.92. The number of hydrogen-bond acceptors (Lipinski definition) is 5. The van der Waals surface area contributed by atoms with Crippen LogP contribution in [0.3, 0.4) is 0 Å². The van der Waals surface area contributed by atoms with Gasteiger partial charge < -0.3 is 10.1 Å². The van der Waals surface area contributed by atoms with E-state index < -0.39 is 30.2 Å². The number of hydrogen-bond donors (Lipinski definition) is 1. The first kappa shape index (κ1) is 18.9. The van der Waals surface area contributed by atoms with Crippen LogP contribution in [0.1, 0.15) is 65.7 Å². The van der Waals surface area contributed by atoms with Gasteiger partial charge in [0.25, 0.3) is 5.91 Å². The molecule has 3 rings (SSSR count). The van der Waals surface area contributed by atoms with Crippen molar-refractivity contribution in [2.24, 2.45) is 11.3 Å². The molecule has 7 heteroatoms. The Morgan fingerprint density at radius 1 is 1.23 bits per heavy atom. The van der Waals surface area contributed by atoms with Gasteiger partial charge >= 0.3 is 12.0 Å². The highest BCUT2D eigenvalue weighted by Crippen LogP contribution is 2.46. The molecular weight excluding hydrogens is 336 g/mol. The highest BCUT2D eigenvalue weighted by Gasteiger charge is 2.56. The number of nitrogens with one attached hydrogen (secondary N) is 1. The van der Waals surface area contributed by atoms with Gasteiger partial charge in [-0.2, -0.15) is 0 Å². The van der Waals surface area contributed by atoms with Gasteiger partial charge in [0.1, 0.15) is 12.1 Å². The number of carbonyl (C=O) groups excluding carboxylic acids is 4. The molecule has 1 spiro atoms. The van der Waals surface area contributed by atoms with E-state index in [9.17, 15) is 19.2 Å². The zero-order valence-electron chi connectivity index (χ0n) is 15.8. The lowest BCUT2D eigenvalue weighted by molar-refractivity contribution is -0.158. The van der Waals surface area contributed by atoms with E-state index >= 15 is 0 Å². The largest absolute Gasteiger partial charge is 0.453 e. The molecule has 7 nitrogen and oxygen atoms in total. The van der Waals surface area contributed by atoms with Crippen LogP contribution in [0.25, 0.3) is 0 Å². The average molecular weight is 364 g/mol. The van der Waals surface area contributed by atoms with Gasteiger partial charge in [-0.15, -0.1) is 0 Å². The Labute approximate surface area is 153 Å². The summed E-state index contributed by atoms with van der Waals surface area (Å²) in [5.41, 5.74) is -0.995. The van der Waals surface area contributed by atoms with Crippen molar-refractivity contribution in [3.8, 4) is 0 Å². The van der Waals surface area contributed by atoms with E-state index in [0.29, 0.717) is 31.6 Å². The number of carbonyl (C=O) groups is 4. The molecule has 3 atom stereocenters. The highest BCUT2D eigenvalue weighted by atomic mass is 16.5. The van der Waals surface area contributed by atoms with E-state index in [1.807, 2.05) is 0 Å². The maximum absolute atomic E-state index is 13.0. The van der Waals surface area contributed by atoms with Crippen molar-refractivity contribution in [1.29, 1.82) is 0 Å². The average Bonchev–Trinajstić information content (AvgIpc) is 2.71. The van der Waals surface area contributed by atoms with Gasteiger partial charge in [-0.25, -0.2) is 4.79 Å². The van der Waals surface area contributed by atoms with Gasteiger partial charge in [0, 0.05) is 6.42 Å². The quantitative estimate of drug-likeness (QED) is 0.612. The summed E-state index contributed by atoms with van der Waals surface area (Å²) in [5.74, 6) is -0.834. The van der Waals surface area contributed by atoms with Crippen LogP contribution in [0.4, 0.5) is 4.79 Å². The van der Waals surface area contributed by atoms with Crippen molar-refractivity contribution in [1.82, 2.24) is 10.2 Å². The van der Waals surface area contributed by atoms with Crippen LogP contribution < -0.4 is 5.32 Å². The van der Waals surface area contributed by atoms with Gasteiger partial charge in [-0.3, -0.25) is 19.3 Å². The number of ether oxygens (including phenoxy) is 1. The lowest BCUT2D eigenvalue weighted by Crippen LogP contribution is -2.54. The van der Waals surface area contributed by atoms with Crippen molar-refractivity contribution in [2.45, 2.75) is 77.4 Å². The summed E-state index contributed by atoms with van der Waals surface area (Å²) < 4.78 is 5.24. The van der Waals surface area contributed by atoms with Crippen LogP contribution >= 0.6 is 0 Å². The van der Waals surface area contributed by atoms with Crippen LogP contribution in [0.2, 0.25) is 0 Å². The molecule has 0 aromatic rings. The lowest BCUT2D eigenvalue weighted by Gasteiger charge is -2.43. The van der Waals surface area contributed by atoms with Crippen LogP contribution in [0, 0.1) is 11.3 Å². The van der Waals surface area contributed by atoms with Crippen LogP contribution in [-0.4, -0.2) is 46.8 Å². The normalized spacial score (nSPS) is 34.1. The number of imide groups is 1. The van der Waals surface area contributed by atoms with Gasteiger partial charge in [0.05, 0.1) is 0 Å². The molecule has 3 amide bonds. The minimum absolute atomic E-state index is 0.0638. The van der Waals surface area contributed by atoms with Gasteiger partial charge in [0.2, 0.25) is 0 Å². The number of amides is 3. The number of urea groups is 1. The molecule has 2 aliphatic carbocycles. The van der Waals surface area contributed by atoms with Crippen molar-refractivity contribution in [3.63, 3.8) is 0 Å². The van der Waals surface area contributed by atoms with Crippen LogP contribution in [-0.2, 0) is 19.1 Å². The molecule has 2 saturated carbocycles. The van der Waals surface area contributed by atoms with Crippen molar-refractivity contribution < 1.29 is 23.9 Å². The SMILES string of the molecule is C[C@H]1CC(C)(C)C[C@]2(C1)NC(=O)N(CC(=O)O[C@@H]1CCCCC1=O)C2=O. The molecule has 1 N–H and O–H groups in total. The smallest absolute Gasteiger partial charge is 0.326 e. The summed E-state index contributed by atoms with van der Waals surface area (Å²) in [5, 5.41) is 2.84. The number of nitrogens with zero attached hydrogens (tertiary/aromatic N) is 1. The Kier molecular flexibility index (Phi) is 4.84. The number of rotatable bonds is 3. The molecule has 0 aromatic heterocycles. The lowest BCUT2D eigenvalue weighted by atomic mass is 9.64. The van der Waals surface area contributed by atoms with Gasteiger partial charge in [0.15, 0.2) is 11.9 Å². The van der Waals surface area contributed by atoms with E-state index in [2.05, 4.69) is 26.1 Å². The van der Waals surface area contributed by atoms with Crippen molar-refractivity contribution >= 4 is 23.7 Å². The molecular formula is C19H28N2O5. The number of ketones is 1. The predicted molar refractivity (Wildman–Crippen MR) is 93.1 cm³/mol. The summed E-state index contributed by atoms with van der Waals surface area (Å²) in [4.78, 5) is 50.3. The van der Waals surface area contributed by atoms with E-state index in [1.54, 1.807) is 0 Å². The topological polar surface area (TPSA) is 92.8 Å². The Balaban J connectivity index is 1.67. The second kappa shape index (κ2) is 6.67. The van der Waals surface area contributed by atoms with Crippen molar-refractivity contribution in [3.05, 3.63) is 0 Å². The molecule has 0 bridgehead atoms. The molecule has 0 unspecified atom stereocenters. The van der Waals surface area contributed by atoms with E-state index in [1.165, 1.54) is 0 Å². The first-order valence-corrected chi connectivity index (χ1v) is 9.48. The third-order valence-electron chi connectivity index (χ3n) is 5.68. The van der Waals surface area contributed by atoms with Crippen LogP contribution in [0.15, 0.2) is 0 Å². The first-order valence-electron chi connectivity index (χ1n) is 9.48. The second-order valence-corrected chi connectivity index (χ2v) is 8.95. The Morgan fingerprint density at radius 3 is 2.62 bits per heavy atom. The fourth-order valence-electron chi connectivity index (χ4n) is 5.05. The Morgan fingerprint density at radius 2 is 1.96 bits per heavy atom. The minimum Gasteiger partial charge on any atom is -0.453 e. The van der Waals surface area contributed by atoms with Crippen LogP contribution in [0.5, 0.6) is 0 Å². The summed E-state index contributed by atoms with van der Waals surface area (Å²) in [6, 6.07) is -0.549. The zero-order valence-corrected chi connectivity index (χ0v) is 15.8. The molecule has 3 fully saturated rings. The molecule has 144 valence electrons. The highest BCUT2D eigenvalue weighted by molar-refractivity contribution is 6.08. The van der Waals surface area contributed by atoms with E-state index in [-0.39, 0.29) is 17.1 Å². The predicted octanol–water partition coefficient (Wildman–Crippen LogP) is 2.18. The van der Waals surface area contributed by atoms with Crippen molar-refractivity contribution in [2.75, 3.05) is 6.54 Å². The second-order valence-electron chi connectivity index (χ2n) is 8.95. The molecule has 0 aromatic carbocycles. The number of Topliss-reactive ketones (excluding diaryl/α,β-unsaturated/α-hetero) is 1. The standard InChI is InChI=1S/C19H28N2O5/c1-12-8-18(2,3)11-19(9-12)16(24)21(17(25)20-19)10-15(23)26-14-7-5-4-6-13(14)22/h12,14H,4-11H2,1-3H3,(H,20,25)/t12-,14+,19-/m0/s1. The molecule has 1 aliphatic heterocycles. The molecule has 1 saturated heterocycles. The minimum atomic E-state index is -0.931. The third-order valence-corrected chi connectivity index (χ3v) is 5.68. The maximum Gasteiger partial charge on any atom is 0.326 e. The molecule has 3 aliphatic rings. The van der Waals surface area contributed by atoms with E-state index in [0.717, 1.165) is 24.2 Å². The molecule has 0 radical (unpaired) electrons. The van der Waals surface area contributed by atoms with Gasteiger partial charge in [-0.05, 0) is 49.9 Å². The third kappa shape index (κ3) is 3.62. The number of esters is 1.